The number of aromatic nitrogens is 4. The Balaban J connectivity index is 1.80. The number of hydrogen-bond donors (Lipinski definition) is 1. The van der Waals surface area contributed by atoms with Gasteiger partial charge in [-0.25, -0.2) is 0 Å². The van der Waals surface area contributed by atoms with Crippen molar-refractivity contribution >= 4 is 62.5 Å². The molecular weight excluding hydrogens is 464 g/mol. The smallest absolute Gasteiger partial charge is 0.278 e. The predicted octanol–water partition coefficient (Wildman–Crippen LogP) is 5.12. The van der Waals surface area contributed by atoms with Crippen LogP contribution >= 0.6 is 50.7 Å². The van der Waals surface area contributed by atoms with Gasteiger partial charge >= 0.3 is 0 Å². The summed E-state index contributed by atoms with van der Waals surface area (Å²) in [6.07, 6.45) is 3.32. The highest BCUT2D eigenvalue weighted by Crippen LogP contribution is 2.27. The van der Waals surface area contributed by atoms with E-state index >= 15 is 0 Å². The van der Waals surface area contributed by atoms with Gasteiger partial charge in [0.15, 0.2) is 11.5 Å². The van der Waals surface area contributed by atoms with Crippen LogP contribution < -0.4 is 5.32 Å². The van der Waals surface area contributed by atoms with Crippen LogP contribution in [0.3, 0.4) is 0 Å². The van der Waals surface area contributed by atoms with Gasteiger partial charge in [0.25, 0.3) is 5.91 Å². The molecule has 0 atom stereocenters. The largest absolute Gasteiger partial charge is 0.302 e. The van der Waals surface area contributed by atoms with Crippen molar-refractivity contribution in [2.24, 2.45) is 0 Å². The first-order chi connectivity index (χ1) is 12.4. The lowest BCUT2D eigenvalue weighted by molar-refractivity contribution is 0.102. The number of hydrogen-bond acceptors (Lipinski definition) is 3. The van der Waals surface area contributed by atoms with Crippen molar-refractivity contribution < 1.29 is 4.79 Å². The average molecular weight is 478 g/mol. The van der Waals surface area contributed by atoms with E-state index < -0.39 is 5.91 Å². The van der Waals surface area contributed by atoms with Crippen LogP contribution in [0.2, 0.25) is 15.1 Å². The van der Waals surface area contributed by atoms with E-state index in [1.165, 1.54) is 0 Å². The summed E-state index contributed by atoms with van der Waals surface area (Å²) in [6, 6.07) is 5.26. The van der Waals surface area contributed by atoms with Gasteiger partial charge < -0.3 is 5.32 Å². The highest BCUT2D eigenvalue weighted by Gasteiger charge is 2.18. The highest BCUT2D eigenvalue weighted by atomic mass is 79.9. The molecule has 0 aliphatic carbocycles. The molecule has 0 radical (unpaired) electrons. The number of nitrogens with one attached hydrogen (secondary N) is 1. The summed E-state index contributed by atoms with van der Waals surface area (Å²) in [5.41, 5.74) is 0.976. The summed E-state index contributed by atoms with van der Waals surface area (Å²) >= 11 is 21.9. The number of rotatable bonds is 5. The molecule has 0 bridgehead atoms. The number of carbonyl (C=O) groups is 1. The second-order valence-corrected chi connectivity index (χ2v) is 7.43. The van der Waals surface area contributed by atoms with Gasteiger partial charge in [-0.2, -0.15) is 10.2 Å². The molecule has 10 heteroatoms. The molecular formula is C16H13BrCl3N5O. The van der Waals surface area contributed by atoms with Crippen LogP contribution in [0, 0.1) is 0 Å². The van der Waals surface area contributed by atoms with E-state index in [9.17, 15) is 4.79 Å². The Morgan fingerprint density at radius 3 is 2.42 bits per heavy atom. The van der Waals surface area contributed by atoms with Gasteiger partial charge in [-0.15, -0.1) is 0 Å². The zero-order valence-corrected chi connectivity index (χ0v) is 17.4. The predicted molar refractivity (Wildman–Crippen MR) is 106 cm³/mol. The van der Waals surface area contributed by atoms with Crippen LogP contribution in [-0.2, 0) is 13.1 Å². The van der Waals surface area contributed by atoms with Gasteiger partial charge in [0.1, 0.15) is 5.02 Å². The summed E-state index contributed by atoms with van der Waals surface area (Å²) in [7, 11) is 0. The van der Waals surface area contributed by atoms with Crippen molar-refractivity contribution in [1.82, 2.24) is 19.6 Å². The van der Waals surface area contributed by atoms with E-state index in [0.717, 1.165) is 5.56 Å². The number of aryl methyl sites for hydroxylation is 1. The van der Waals surface area contributed by atoms with Crippen LogP contribution in [0.1, 0.15) is 23.0 Å². The molecule has 2 aromatic heterocycles. The molecule has 1 N–H and O–H groups in total. The number of carbonyl (C=O) groups excluding carboxylic acids is 1. The van der Waals surface area contributed by atoms with Crippen molar-refractivity contribution in [1.29, 1.82) is 0 Å². The molecule has 0 saturated heterocycles. The van der Waals surface area contributed by atoms with Crippen LogP contribution in [0.4, 0.5) is 5.82 Å². The van der Waals surface area contributed by atoms with Crippen LogP contribution in [-0.4, -0.2) is 25.5 Å². The first-order valence-corrected chi connectivity index (χ1v) is 9.52. The van der Waals surface area contributed by atoms with Gasteiger partial charge in [0, 0.05) is 34.5 Å². The molecule has 26 heavy (non-hydrogen) atoms. The second kappa shape index (κ2) is 8.00. The summed E-state index contributed by atoms with van der Waals surface area (Å²) in [5, 5.41) is 12.5. The Labute approximate surface area is 173 Å². The van der Waals surface area contributed by atoms with E-state index in [4.69, 9.17) is 34.8 Å². The Morgan fingerprint density at radius 2 is 1.81 bits per heavy atom. The van der Waals surface area contributed by atoms with Gasteiger partial charge in [0.05, 0.1) is 11.0 Å². The molecule has 0 saturated carbocycles. The molecule has 1 aromatic carbocycles. The van der Waals surface area contributed by atoms with Gasteiger partial charge in [-0.05, 0) is 35.0 Å². The van der Waals surface area contributed by atoms with E-state index in [1.807, 2.05) is 6.92 Å². The zero-order valence-electron chi connectivity index (χ0n) is 13.5. The number of halogens is 4. The van der Waals surface area contributed by atoms with Crippen LogP contribution in [0.15, 0.2) is 35.1 Å². The van der Waals surface area contributed by atoms with E-state index in [0.29, 0.717) is 32.6 Å². The monoisotopic (exact) mass is 475 g/mol. The van der Waals surface area contributed by atoms with E-state index in [1.54, 1.807) is 40.0 Å². The first-order valence-electron chi connectivity index (χ1n) is 7.59. The Morgan fingerprint density at radius 1 is 1.12 bits per heavy atom. The van der Waals surface area contributed by atoms with Crippen molar-refractivity contribution in [3.8, 4) is 0 Å². The highest BCUT2D eigenvalue weighted by molar-refractivity contribution is 9.10. The standard InChI is InChI=1S/C16H13BrCl3N5O/c1-2-24-7-10(17)14(22-24)16(26)21-15-13(20)8-25(23-15)6-9-11(18)4-3-5-12(9)19/h3-5,7-8H,2,6H2,1H3,(H,21,23,26). The maximum atomic E-state index is 12.4. The topological polar surface area (TPSA) is 64.7 Å². The molecule has 6 nitrogen and oxygen atoms in total. The lowest BCUT2D eigenvalue weighted by atomic mass is 10.2. The molecule has 3 aromatic rings. The minimum absolute atomic E-state index is 0.234. The molecule has 0 fully saturated rings. The molecule has 2 heterocycles. The Kier molecular flexibility index (Phi) is 5.92. The molecule has 0 spiro atoms. The lowest BCUT2D eigenvalue weighted by Crippen LogP contribution is -2.15. The molecule has 136 valence electrons. The molecule has 3 rings (SSSR count). The molecule has 0 unspecified atom stereocenters. The lowest BCUT2D eigenvalue weighted by Gasteiger charge is -2.06. The summed E-state index contributed by atoms with van der Waals surface area (Å²) in [4.78, 5) is 12.4. The van der Waals surface area contributed by atoms with Gasteiger partial charge in [0.2, 0.25) is 0 Å². The number of anilines is 1. The molecule has 0 aliphatic heterocycles. The number of amides is 1. The fourth-order valence-electron chi connectivity index (χ4n) is 2.29. The average Bonchev–Trinajstić information content (AvgIpc) is 3.14. The maximum absolute atomic E-state index is 12.4. The summed E-state index contributed by atoms with van der Waals surface area (Å²) in [6.45, 7) is 2.90. The fourth-order valence-corrected chi connectivity index (χ4v) is 3.50. The fraction of sp³-hybridized carbons (Fsp3) is 0.188. The van der Waals surface area contributed by atoms with Crippen molar-refractivity contribution in [3.63, 3.8) is 0 Å². The van der Waals surface area contributed by atoms with Crippen LogP contribution in [0.25, 0.3) is 0 Å². The third-order valence-corrected chi connectivity index (χ3v) is 5.15. The Bertz CT molecular complexity index is 949. The zero-order chi connectivity index (χ0) is 18.8. The third kappa shape index (κ3) is 4.06. The van der Waals surface area contributed by atoms with Crippen LogP contribution in [0.5, 0.6) is 0 Å². The minimum atomic E-state index is -0.410. The molecule has 1 amide bonds. The second-order valence-electron chi connectivity index (χ2n) is 5.36. The molecule has 0 aliphatic rings. The normalized spacial score (nSPS) is 11.0. The number of benzene rings is 1. The van der Waals surface area contributed by atoms with E-state index in [-0.39, 0.29) is 11.5 Å². The summed E-state index contributed by atoms with van der Waals surface area (Å²) in [5.74, 6) is -0.176. The third-order valence-electron chi connectivity index (χ3n) is 3.59. The van der Waals surface area contributed by atoms with Crippen molar-refractivity contribution in [2.45, 2.75) is 20.0 Å². The quantitative estimate of drug-likeness (QED) is 0.555. The maximum Gasteiger partial charge on any atom is 0.278 e. The van der Waals surface area contributed by atoms with Crippen molar-refractivity contribution in [3.05, 3.63) is 61.4 Å². The minimum Gasteiger partial charge on any atom is -0.302 e. The van der Waals surface area contributed by atoms with Gasteiger partial charge in [-0.3, -0.25) is 14.2 Å². The van der Waals surface area contributed by atoms with Gasteiger partial charge in [-0.1, -0.05) is 40.9 Å². The summed E-state index contributed by atoms with van der Waals surface area (Å²) < 4.78 is 3.80. The Hall–Kier alpha value is -1.54. The number of nitrogens with zero attached hydrogens (tertiary/aromatic N) is 4. The SMILES string of the molecule is CCn1cc(Br)c(C(=O)Nc2nn(Cc3c(Cl)cccc3Cl)cc2Cl)n1. The first kappa shape index (κ1) is 19.2. The van der Waals surface area contributed by atoms with E-state index in [2.05, 4.69) is 31.4 Å². The van der Waals surface area contributed by atoms with Crippen molar-refractivity contribution in [2.75, 3.05) is 5.32 Å².